The van der Waals surface area contributed by atoms with Crippen LogP contribution in [0.3, 0.4) is 0 Å². The number of benzene rings is 2. The second-order valence-electron chi connectivity index (χ2n) is 11.2. The SMILES string of the molecule is C=C.C=C.CC.CC.CC/C=C/c1ccccc1.CCC1=C(CCCCC2CCCCC2)NC(C)=C(C(C)O)C1c1cccc(Cl)c1. The summed E-state index contributed by atoms with van der Waals surface area (Å²) < 4.78 is 0. The smallest absolute Gasteiger partial charge is 0.0750 e. The molecule has 1 heterocycles. The number of aliphatic hydroxyl groups excluding tert-OH is 1. The van der Waals surface area contributed by atoms with Crippen LogP contribution < -0.4 is 5.32 Å². The molecule has 2 nitrogen and oxygen atoms in total. The van der Waals surface area contributed by atoms with Gasteiger partial charge in [-0.3, -0.25) is 0 Å². The highest BCUT2D eigenvalue weighted by Gasteiger charge is 2.31. The lowest BCUT2D eigenvalue weighted by atomic mass is 9.77. The molecule has 2 aromatic carbocycles. The zero-order chi connectivity index (χ0) is 36.0. The van der Waals surface area contributed by atoms with Crippen molar-refractivity contribution in [2.24, 2.45) is 5.92 Å². The van der Waals surface area contributed by atoms with Gasteiger partial charge >= 0.3 is 0 Å². The lowest BCUT2D eigenvalue weighted by Crippen LogP contribution is -2.30. The lowest BCUT2D eigenvalue weighted by molar-refractivity contribution is 0.222. The van der Waals surface area contributed by atoms with Gasteiger partial charge in [0.05, 0.1) is 6.10 Å². The summed E-state index contributed by atoms with van der Waals surface area (Å²) >= 11 is 6.32. The van der Waals surface area contributed by atoms with Gasteiger partial charge in [0.1, 0.15) is 0 Å². The molecule has 2 unspecified atom stereocenters. The Morgan fingerprint density at radius 3 is 2.04 bits per heavy atom. The molecule has 2 aliphatic rings. The van der Waals surface area contributed by atoms with E-state index in [1.54, 1.807) is 0 Å². The number of allylic oxidation sites excluding steroid dienone is 4. The van der Waals surface area contributed by atoms with Crippen LogP contribution in [-0.4, -0.2) is 11.2 Å². The van der Waals surface area contributed by atoms with Crippen molar-refractivity contribution in [1.29, 1.82) is 0 Å². The molecule has 47 heavy (non-hydrogen) atoms. The van der Waals surface area contributed by atoms with E-state index in [1.165, 1.54) is 73.8 Å². The minimum atomic E-state index is -0.485. The van der Waals surface area contributed by atoms with Gasteiger partial charge in [0.2, 0.25) is 0 Å². The summed E-state index contributed by atoms with van der Waals surface area (Å²) in [6.45, 7) is 28.4. The van der Waals surface area contributed by atoms with Gasteiger partial charge < -0.3 is 10.4 Å². The molecular formula is C44H70ClNO. The average Bonchev–Trinajstić information content (AvgIpc) is 3.13. The summed E-state index contributed by atoms with van der Waals surface area (Å²) in [7, 11) is 0. The van der Waals surface area contributed by atoms with Crippen molar-refractivity contribution >= 4 is 17.7 Å². The highest BCUT2D eigenvalue weighted by atomic mass is 35.5. The minimum Gasteiger partial charge on any atom is -0.389 e. The topological polar surface area (TPSA) is 32.3 Å². The Balaban J connectivity index is 0. The Hall–Kier alpha value is -2.81. The molecule has 1 fully saturated rings. The number of rotatable bonds is 10. The molecule has 0 amide bonds. The van der Waals surface area contributed by atoms with Crippen LogP contribution in [0, 0.1) is 5.92 Å². The average molecular weight is 665 g/mol. The van der Waals surface area contributed by atoms with Gasteiger partial charge in [-0.15, -0.1) is 26.3 Å². The third-order valence-corrected chi connectivity index (χ3v) is 8.43. The van der Waals surface area contributed by atoms with Gasteiger partial charge in [0, 0.05) is 22.3 Å². The fraction of sp³-hybridized carbons (Fsp3) is 0.500. The Labute approximate surface area is 296 Å². The van der Waals surface area contributed by atoms with Gasteiger partial charge in [0.15, 0.2) is 0 Å². The molecule has 2 N–H and O–H groups in total. The summed E-state index contributed by atoms with van der Waals surface area (Å²) in [4.78, 5) is 0. The number of hydrogen-bond donors (Lipinski definition) is 2. The largest absolute Gasteiger partial charge is 0.389 e. The van der Waals surface area contributed by atoms with Crippen molar-refractivity contribution in [2.45, 2.75) is 138 Å². The van der Waals surface area contributed by atoms with Crippen molar-refractivity contribution in [3.8, 4) is 0 Å². The molecule has 264 valence electrons. The number of unbranched alkanes of at least 4 members (excludes halogenated alkanes) is 1. The Morgan fingerprint density at radius 1 is 0.894 bits per heavy atom. The van der Waals surface area contributed by atoms with Gasteiger partial charge in [-0.05, 0) is 79.9 Å². The second kappa shape index (κ2) is 30.5. The van der Waals surface area contributed by atoms with Crippen LogP contribution in [-0.2, 0) is 0 Å². The maximum absolute atomic E-state index is 10.6. The summed E-state index contributed by atoms with van der Waals surface area (Å²) in [5.74, 6) is 1.08. The number of nitrogens with one attached hydrogen (secondary N) is 1. The molecule has 0 radical (unpaired) electrons. The van der Waals surface area contributed by atoms with E-state index >= 15 is 0 Å². The van der Waals surface area contributed by atoms with E-state index in [9.17, 15) is 5.11 Å². The quantitative estimate of drug-likeness (QED) is 0.196. The zero-order valence-corrected chi connectivity index (χ0v) is 32.3. The van der Waals surface area contributed by atoms with Gasteiger partial charge in [-0.1, -0.05) is 153 Å². The van der Waals surface area contributed by atoms with Crippen molar-refractivity contribution in [3.05, 3.63) is 126 Å². The van der Waals surface area contributed by atoms with Crippen LogP contribution in [0.4, 0.5) is 0 Å². The van der Waals surface area contributed by atoms with Crippen LogP contribution in [0.5, 0.6) is 0 Å². The monoisotopic (exact) mass is 664 g/mol. The standard InChI is InChI=1S/C26H38ClNO.C10H12.2C2H6.2C2H4/c1-4-23-24(16-9-8-13-20-11-6-5-7-12-20)28-18(2)25(19(3)29)26(23)21-14-10-15-22(27)17-21;1-2-3-7-10-8-5-4-6-9-10;4*1-2/h10,14-15,17,19-20,26,28-29H,4-9,11-13,16H2,1-3H3;3-9H,2H2,1H3;2*1-2H3;2*1-2H2/b;7-3+;;;;. The lowest BCUT2D eigenvalue weighted by Gasteiger charge is -2.35. The molecule has 0 bridgehead atoms. The fourth-order valence-corrected chi connectivity index (χ4v) is 6.45. The molecule has 4 rings (SSSR count). The van der Waals surface area contributed by atoms with Crippen LogP contribution in [0.1, 0.15) is 143 Å². The van der Waals surface area contributed by atoms with E-state index in [-0.39, 0.29) is 5.92 Å². The van der Waals surface area contributed by atoms with Crippen molar-refractivity contribution in [1.82, 2.24) is 5.32 Å². The van der Waals surface area contributed by atoms with Crippen molar-refractivity contribution < 1.29 is 5.11 Å². The molecule has 2 atom stereocenters. The summed E-state index contributed by atoms with van der Waals surface area (Å²) in [6, 6.07) is 18.5. The number of halogens is 1. The first-order valence-electron chi connectivity index (χ1n) is 18.3. The molecule has 3 heteroatoms. The molecule has 0 aromatic heterocycles. The first-order chi connectivity index (χ1) is 22.9. The third kappa shape index (κ3) is 17.8. The molecule has 1 aliphatic heterocycles. The van der Waals surface area contributed by atoms with Crippen molar-refractivity contribution in [3.63, 3.8) is 0 Å². The van der Waals surface area contributed by atoms with Crippen LogP contribution in [0.25, 0.3) is 6.08 Å². The molecular weight excluding hydrogens is 594 g/mol. The molecule has 0 spiro atoms. The number of hydrogen-bond acceptors (Lipinski definition) is 2. The van der Waals surface area contributed by atoms with E-state index in [4.69, 9.17) is 11.6 Å². The van der Waals surface area contributed by atoms with Gasteiger partial charge in [0.25, 0.3) is 0 Å². The first kappa shape index (κ1) is 46.3. The maximum Gasteiger partial charge on any atom is 0.0750 e. The second-order valence-corrected chi connectivity index (χ2v) is 11.6. The summed E-state index contributed by atoms with van der Waals surface area (Å²) in [5, 5.41) is 15.0. The predicted molar refractivity (Wildman–Crippen MR) is 215 cm³/mol. The molecule has 2 aromatic rings. The molecule has 1 saturated carbocycles. The highest BCUT2D eigenvalue weighted by molar-refractivity contribution is 6.30. The number of dihydropyridines is 1. The van der Waals surface area contributed by atoms with E-state index in [0.29, 0.717) is 0 Å². The van der Waals surface area contributed by atoms with Crippen molar-refractivity contribution in [2.75, 3.05) is 0 Å². The molecule has 1 aliphatic carbocycles. The van der Waals surface area contributed by atoms with E-state index < -0.39 is 6.10 Å². The normalized spacial score (nSPS) is 16.3. The highest BCUT2D eigenvalue weighted by Crippen LogP contribution is 2.42. The van der Waals surface area contributed by atoms with E-state index in [2.05, 4.69) is 101 Å². The molecule has 0 saturated heterocycles. The van der Waals surface area contributed by atoms with Crippen LogP contribution in [0.15, 0.2) is 110 Å². The zero-order valence-electron chi connectivity index (χ0n) is 31.5. The first-order valence-corrected chi connectivity index (χ1v) is 18.7. The fourth-order valence-electron chi connectivity index (χ4n) is 6.25. The summed E-state index contributed by atoms with van der Waals surface area (Å²) in [6.07, 6.45) is 18.1. The maximum atomic E-state index is 10.6. The van der Waals surface area contributed by atoms with E-state index in [0.717, 1.165) is 41.5 Å². The Morgan fingerprint density at radius 2 is 1.51 bits per heavy atom. The van der Waals surface area contributed by atoms with Crippen LogP contribution in [0.2, 0.25) is 5.02 Å². The third-order valence-electron chi connectivity index (χ3n) is 8.19. The predicted octanol–water partition coefficient (Wildman–Crippen LogP) is 14.3. The minimum absolute atomic E-state index is 0.119. The Bertz CT molecular complexity index is 1120. The Kier molecular flexibility index (Phi) is 30.1. The van der Waals surface area contributed by atoms with E-state index in [1.807, 2.05) is 52.8 Å². The van der Waals surface area contributed by atoms with Gasteiger partial charge in [-0.25, -0.2) is 0 Å². The number of aliphatic hydroxyl groups is 1. The summed E-state index contributed by atoms with van der Waals surface area (Å²) in [5.41, 5.74) is 7.42. The van der Waals surface area contributed by atoms with Crippen LogP contribution >= 0.6 is 11.6 Å². The van der Waals surface area contributed by atoms with Gasteiger partial charge in [-0.2, -0.15) is 0 Å².